The minimum atomic E-state index is -1.11. The van der Waals surface area contributed by atoms with E-state index < -0.39 is 35.8 Å². The van der Waals surface area contributed by atoms with Crippen molar-refractivity contribution in [1.29, 1.82) is 0 Å². The van der Waals surface area contributed by atoms with E-state index in [0.717, 1.165) is 5.56 Å². The van der Waals surface area contributed by atoms with Crippen LogP contribution in [0.25, 0.3) is 0 Å². The summed E-state index contributed by atoms with van der Waals surface area (Å²) in [6.45, 7) is 8.49. The van der Waals surface area contributed by atoms with Crippen molar-refractivity contribution < 1.29 is 19.3 Å². The maximum atomic E-state index is 12.5. The highest BCUT2D eigenvalue weighted by atomic mass is 16.6. The van der Waals surface area contributed by atoms with Crippen molar-refractivity contribution in [3.8, 4) is 0 Å². The third-order valence-electron chi connectivity index (χ3n) is 5.04. The van der Waals surface area contributed by atoms with Crippen LogP contribution >= 0.6 is 0 Å². The van der Waals surface area contributed by atoms with Gasteiger partial charge in [0, 0.05) is 37.2 Å². The number of nitrogens with zero attached hydrogens (tertiary/aromatic N) is 2. The molecule has 1 fully saturated rings. The van der Waals surface area contributed by atoms with E-state index in [2.05, 4.69) is 15.3 Å². The number of ether oxygens (including phenoxy) is 3. The molecule has 1 aliphatic heterocycles. The number of pyridine rings is 1. The van der Waals surface area contributed by atoms with E-state index in [4.69, 9.17) is 14.2 Å². The van der Waals surface area contributed by atoms with E-state index in [1.165, 1.54) is 10.8 Å². The lowest BCUT2D eigenvalue weighted by Gasteiger charge is -2.23. The molecule has 2 aromatic rings. The highest BCUT2D eigenvalue weighted by Crippen LogP contribution is 2.31. The number of H-pyrrole nitrogens is 1. The second-order valence-corrected chi connectivity index (χ2v) is 8.37. The van der Waals surface area contributed by atoms with Crippen LogP contribution in [-0.2, 0) is 27.3 Å². The lowest BCUT2D eigenvalue weighted by Crippen LogP contribution is -2.41. The fourth-order valence-electron chi connectivity index (χ4n) is 3.54. The Hall–Kier alpha value is -2.37. The van der Waals surface area contributed by atoms with Gasteiger partial charge in [0.25, 0.3) is 5.56 Å². The van der Waals surface area contributed by atoms with Crippen LogP contribution in [0.5, 0.6) is 0 Å². The van der Waals surface area contributed by atoms with Crippen LogP contribution in [0.2, 0.25) is 0 Å². The molecule has 0 amide bonds. The van der Waals surface area contributed by atoms with Gasteiger partial charge >= 0.3 is 5.69 Å². The minimum Gasteiger partial charge on any atom is -0.386 e. The van der Waals surface area contributed by atoms with Gasteiger partial charge in [-0.05, 0) is 45.4 Å². The average Bonchev–Trinajstić information content (AvgIpc) is 3.04. The first-order chi connectivity index (χ1) is 15.3. The summed E-state index contributed by atoms with van der Waals surface area (Å²) < 4.78 is 18.7. The van der Waals surface area contributed by atoms with Crippen LogP contribution in [0.3, 0.4) is 0 Å². The molecule has 1 unspecified atom stereocenters. The van der Waals surface area contributed by atoms with Crippen molar-refractivity contribution in [1.82, 2.24) is 19.9 Å². The van der Waals surface area contributed by atoms with Crippen LogP contribution in [0.1, 0.15) is 45.0 Å². The first-order valence-corrected chi connectivity index (χ1v) is 10.8. The van der Waals surface area contributed by atoms with Crippen LogP contribution in [0, 0.1) is 0 Å². The molecule has 1 aliphatic rings. The molecule has 0 aliphatic carbocycles. The van der Waals surface area contributed by atoms with Crippen LogP contribution < -0.4 is 16.6 Å². The Labute approximate surface area is 186 Å². The van der Waals surface area contributed by atoms with Gasteiger partial charge in [-0.1, -0.05) is 0 Å². The Morgan fingerprint density at radius 2 is 1.91 bits per heavy atom. The summed E-state index contributed by atoms with van der Waals surface area (Å²) in [4.78, 5) is 31.1. The van der Waals surface area contributed by atoms with Crippen LogP contribution in [0.4, 0.5) is 0 Å². The van der Waals surface area contributed by atoms with Crippen LogP contribution in [-0.4, -0.2) is 56.8 Å². The molecule has 3 heterocycles. The Morgan fingerprint density at radius 1 is 1.19 bits per heavy atom. The molecule has 0 aromatic carbocycles. The molecule has 32 heavy (non-hydrogen) atoms. The molecule has 3 rings (SSSR count). The van der Waals surface area contributed by atoms with E-state index in [1.807, 2.05) is 39.8 Å². The van der Waals surface area contributed by atoms with Crippen molar-refractivity contribution in [2.24, 2.45) is 0 Å². The zero-order chi connectivity index (χ0) is 23.3. The molecule has 3 N–H and O–H groups in total. The molecule has 0 bridgehead atoms. The maximum absolute atomic E-state index is 12.5. The SMILES string of the molecule is CC(C)OC[C@H]1O[C@@H](n2cc(CNCc3ccncc3)c(=O)[nH]c2=O)[C@@H](O)C1OC(C)C. The highest BCUT2D eigenvalue weighted by Gasteiger charge is 2.46. The molecule has 1 saturated heterocycles. The fourth-order valence-corrected chi connectivity index (χ4v) is 3.54. The van der Waals surface area contributed by atoms with Crippen molar-refractivity contribution >= 4 is 0 Å². The predicted octanol–water partition coefficient (Wildman–Crippen LogP) is 0.698. The van der Waals surface area contributed by atoms with Crippen LogP contribution in [0.15, 0.2) is 40.3 Å². The number of nitrogens with one attached hydrogen (secondary N) is 2. The smallest absolute Gasteiger partial charge is 0.330 e. The Bertz CT molecular complexity index is 974. The second kappa shape index (κ2) is 11.0. The molecule has 0 radical (unpaired) electrons. The number of hydrogen-bond donors (Lipinski definition) is 3. The topological polar surface area (TPSA) is 128 Å². The number of rotatable bonds is 10. The molecule has 0 spiro atoms. The molecule has 2 aromatic heterocycles. The maximum Gasteiger partial charge on any atom is 0.330 e. The first-order valence-electron chi connectivity index (χ1n) is 10.8. The fraction of sp³-hybridized carbons (Fsp3) is 0.591. The number of aromatic nitrogens is 3. The Morgan fingerprint density at radius 3 is 2.56 bits per heavy atom. The molecular weight excluding hydrogens is 416 g/mol. The molecule has 10 nitrogen and oxygen atoms in total. The van der Waals surface area contributed by atoms with Gasteiger partial charge in [-0.3, -0.25) is 19.3 Å². The third-order valence-corrected chi connectivity index (χ3v) is 5.04. The van der Waals surface area contributed by atoms with Gasteiger partial charge in [0.2, 0.25) is 0 Å². The minimum absolute atomic E-state index is 0.0247. The van der Waals surface area contributed by atoms with Crippen molar-refractivity contribution in [2.75, 3.05) is 6.61 Å². The third kappa shape index (κ3) is 6.11. The quantitative estimate of drug-likeness (QED) is 0.485. The van der Waals surface area contributed by atoms with Gasteiger partial charge in [-0.15, -0.1) is 0 Å². The normalized spacial score (nSPS) is 23.3. The van der Waals surface area contributed by atoms with Gasteiger partial charge < -0.3 is 24.6 Å². The Kier molecular flexibility index (Phi) is 8.32. The standard InChI is InChI=1S/C22H32N4O6/c1-13(2)30-12-17-19(31-14(3)4)18(27)21(32-17)26-11-16(20(28)25-22(26)29)10-24-9-15-5-7-23-8-6-15/h5-8,11,13-14,17-19,21,24,27H,9-10,12H2,1-4H3,(H,25,28,29)/t17-,18+,19?,21-/m1/s1. The van der Waals surface area contributed by atoms with Gasteiger partial charge in [-0.2, -0.15) is 0 Å². The number of hydrogen-bond acceptors (Lipinski definition) is 8. The summed E-state index contributed by atoms with van der Waals surface area (Å²) in [6, 6.07) is 3.74. The van der Waals surface area contributed by atoms with Crippen molar-refractivity contribution in [2.45, 2.75) is 77.5 Å². The van der Waals surface area contributed by atoms with Crippen molar-refractivity contribution in [3.63, 3.8) is 0 Å². The largest absolute Gasteiger partial charge is 0.386 e. The lowest BCUT2D eigenvalue weighted by atomic mass is 10.1. The van der Waals surface area contributed by atoms with E-state index in [1.54, 1.807) is 12.4 Å². The summed E-state index contributed by atoms with van der Waals surface area (Å²) in [6.07, 6.45) is 1.27. The van der Waals surface area contributed by atoms with E-state index in [9.17, 15) is 14.7 Å². The number of aliphatic hydroxyl groups excluding tert-OH is 1. The van der Waals surface area contributed by atoms with E-state index >= 15 is 0 Å². The molecule has 0 saturated carbocycles. The first kappa shape index (κ1) is 24.3. The Balaban J connectivity index is 1.78. The number of aliphatic hydroxyl groups is 1. The second-order valence-electron chi connectivity index (χ2n) is 8.37. The summed E-state index contributed by atoms with van der Waals surface area (Å²) in [5.41, 5.74) is 0.208. The van der Waals surface area contributed by atoms with E-state index in [0.29, 0.717) is 12.1 Å². The highest BCUT2D eigenvalue weighted by molar-refractivity contribution is 5.10. The van der Waals surface area contributed by atoms with Gasteiger partial charge in [0.1, 0.15) is 18.3 Å². The van der Waals surface area contributed by atoms with Crippen molar-refractivity contribution in [3.05, 3.63) is 62.7 Å². The molecule has 4 atom stereocenters. The summed E-state index contributed by atoms with van der Waals surface area (Å²) in [5, 5.41) is 14.1. The zero-order valence-corrected chi connectivity index (χ0v) is 18.9. The monoisotopic (exact) mass is 448 g/mol. The lowest BCUT2D eigenvalue weighted by molar-refractivity contribution is -0.0979. The van der Waals surface area contributed by atoms with E-state index in [-0.39, 0.29) is 25.4 Å². The molecular formula is C22H32N4O6. The van der Waals surface area contributed by atoms with Gasteiger partial charge in [-0.25, -0.2) is 4.79 Å². The summed E-state index contributed by atoms with van der Waals surface area (Å²) in [7, 11) is 0. The predicted molar refractivity (Wildman–Crippen MR) is 117 cm³/mol. The van der Waals surface area contributed by atoms with Gasteiger partial charge in [0.05, 0.1) is 18.8 Å². The average molecular weight is 449 g/mol. The molecule has 10 heteroatoms. The number of aromatic amines is 1. The summed E-state index contributed by atoms with van der Waals surface area (Å²) in [5.74, 6) is 0. The van der Waals surface area contributed by atoms with Gasteiger partial charge in [0.15, 0.2) is 6.23 Å². The molecule has 176 valence electrons. The summed E-state index contributed by atoms with van der Waals surface area (Å²) >= 11 is 0. The zero-order valence-electron chi connectivity index (χ0n) is 18.9.